The Bertz CT molecular complexity index is 1650. The Kier molecular flexibility index (Phi) is 60.4. The van der Waals surface area contributed by atoms with Crippen molar-refractivity contribution in [2.24, 2.45) is 0 Å². The molecule has 0 fully saturated rings. The van der Waals surface area contributed by atoms with E-state index in [4.69, 9.17) is 14.2 Å². The van der Waals surface area contributed by atoms with Crippen LogP contribution < -0.4 is 0 Å². The van der Waals surface area contributed by atoms with Gasteiger partial charge in [0.15, 0.2) is 6.10 Å². The molecule has 0 amide bonds. The van der Waals surface area contributed by atoms with Gasteiger partial charge >= 0.3 is 17.9 Å². The highest BCUT2D eigenvalue weighted by Gasteiger charge is 2.19. The monoisotopic (exact) mass is 1060 g/mol. The highest BCUT2D eigenvalue weighted by atomic mass is 16.6. The number of hydrogen-bond acceptors (Lipinski definition) is 6. The van der Waals surface area contributed by atoms with Gasteiger partial charge in [-0.25, -0.2) is 0 Å². The maximum atomic E-state index is 12.9. The van der Waals surface area contributed by atoms with E-state index < -0.39 is 6.10 Å². The van der Waals surface area contributed by atoms with Gasteiger partial charge in [0.1, 0.15) is 13.2 Å². The second kappa shape index (κ2) is 64.1. The van der Waals surface area contributed by atoms with Crippen LogP contribution in [0.3, 0.4) is 0 Å². The summed E-state index contributed by atoms with van der Waals surface area (Å²) in [6, 6.07) is 0. The van der Waals surface area contributed by atoms with Gasteiger partial charge in [0.05, 0.1) is 0 Å². The molecule has 0 aliphatic heterocycles. The van der Waals surface area contributed by atoms with Crippen LogP contribution in [0, 0.1) is 0 Å². The van der Waals surface area contributed by atoms with E-state index in [0.717, 1.165) is 103 Å². The number of hydrogen-bond donors (Lipinski definition) is 0. The summed E-state index contributed by atoms with van der Waals surface area (Å²) in [5, 5.41) is 0. The number of rotatable bonds is 56. The van der Waals surface area contributed by atoms with Crippen LogP contribution in [0.25, 0.3) is 0 Å². The number of carbonyl (C=O) groups is 3. The van der Waals surface area contributed by atoms with Crippen LogP contribution in [0.15, 0.2) is 134 Å². The van der Waals surface area contributed by atoms with Crippen molar-refractivity contribution in [3.05, 3.63) is 134 Å². The number of unbranched alkanes of at least 4 members (excludes halogenated alkanes) is 23. The van der Waals surface area contributed by atoms with Gasteiger partial charge in [-0.3, -0.25) is 14.4 Å². The van der Waals surface area contributed by atoms with Crippen LogP contribution in [0.2, 0.25) is 0 Å². The van der Waals surface area contributed by atoms with Crippen molar-refractivity contribution in [1.82, 2.24) is 0 Å². The number of allylic oxidation sites excluding steroid dienone is 22. The zero-order valence-electron chi connectivity index (χ0n) is 49.9. The first-order chi connectivity index (χ1) is 38.0. The summed E-state index contributed by atoms with van der Waals surface area (Å²) in [4.78, 5) is 38.2. The molecule has 0 spiro atoms. The number of esters is 3. The fourth-order valence-electron chi connectivity index (χ4n) is 8.44. The predicted molar refractivity (Wildman–Crippen MR) is 334 cm³/mol. The Morgan fingerprint density at radius 2 is 0.519 bits per heavy atom. The lowest BCUT2D eigenvalue weighted by atomic mass is 10.0. The van der Waals surface area contributed by atoms with Gasteiger partial charge in [-0.2, -0.15) is 0 Å². The van der Waals surface area contributed by atoms with E-state index in [2.05, 4.69) is 154 Å². The van der Waals surface area contributed by atoms with E-state index in [9.17, 15) is 14.4 Å². The van der Waals surface area contributed by atoms with E-state index >= 15 is 0 Å². The molecule has 0 aromatic heterocycles. The van der Waals surface area contributed by atoms with Crippen molar-refractivity contribution in [3.63, 3.8) is 0 Å². The second-order valence-electron chi connectivity index (χ2n) is 20.5. The molecule has 0 aromatic rings. The van der Waals surface area contributed by atoms with Crippen molar-refractivity contribution in [2.75, 3.05) is 13.2 Å². The molecular formula is C71H116O6. The molecule has 0 N–H and O–H groups in total. The maximum absolute atomic E-state index is 12.9. The molecule has 0 saturated carbocycles. The average molecular weight is 1070 g/mol. The van der Waals surface area contributed by atoms with Crippen LogP contribution in [-0.4, -0.2) is 37.2 Å². The normalized spacial score (nSPS) is 13.0. The van der Waals surface area contributed by atoms with E-state index in [0.29, 0.717) is 19.3 Å². The second-order valence-corrected chi connectivity index (χ2v) is 20.5. The van der Waals surface area contributed by atoms with Gasteiger partial charge in [0, 0.05) is 19.3 Å². The van der Waals surface area contributed by atoms with Crippen LogP contribution in [0.5, 0.6) is 0 Å². The first-order valence-corrected chi connectivity index (χ1v) is 31.7. The summed E-state index contributed by atoms with van der Waals surface area (Å²) in [5.74, 6) is -1.02. The summed E-state index contributed by atoms with van der Waals surface area (Å²) in [5.41, 5.74) is 0. The van der Waals surface area contributed by atoms with E-state index in [-0.39, 0.29) is 44.0 Å². The van der Waals surface area contributed by atoms with Crippen molar-refractivity contribution >= 4 is 17.9 Å². The Labute approximate surface area is 475 Å². The topological polar surface area (TPSA) is 78.9 Å². The summed E-state index contributed by atoms with van der Waals surface area (Å²) >= 11 is 0. The highest BCUT2D eigenvalue weighted by molar-refractivity contribution is 5.71. The third-order valence-electron chi connectivity index (χ3n) is 13.1. The molecule has 0 bridgehead atoms. The highest BCUT2D eigenvalue weighted by Crippen LogP contribution is 2.15. The maximum Gasteiger partial charge on any atom is 0.306 e. The minimum atomic E-state index is -0.830. The standard InChI is InChI=1S/C71H116O6/c1-4-7-10-13-16-19-22-25-28-30-31-32-33-34-35-36-37-38-39-41-43-46-49-52-55-58-61-64-70(73)76-67-68(66-75-69(72)63-60-57-54-51-48-45-42-27-24-21-18-15-12-9-6-3)77-71(74)65-62-59-56-53-50-47-44-40-29-26-23-20-17-14-11-8-5-2/h8-9,11-12,17-18,20-22,25-27,29-31,42,44,47-48,51,53,56,68H,4-7,10,13-16,19,23-24,28,32-41,43,45-46,49-50,52,54-55,57-67H2,1-3H3/b11-8-,12-9-,20-17-,21-18-,25-22-,29-26-,31-30-,42-27-,47-44-,51-48-,56-53-. The Morgan fingerprint density at radius 3 is 0.857 bits per heavy atom. The molecule has 0 heterocycles. The number of ether oxygens (including phenoxy) is 3. The van der Waals surface area contributed by atoms with E-state index in [1.165, 1.54) is 122 Å². The largest absolute Gasteiger partial charge is 0.462 e. The molecule has 0 aliphatic rings. The van der Waals surface area contributed by atoms with Crippen LogP contribution in [-0.2, 0) is 28.6 Å². The molecule has 1 atom stereocenters. The summed E-state index contributed by atoms with van der Waals surface area (Å²) < 4.78 is 16.8. The zero-order chi connectivity index (χ0) is 55.7. The van der Waals surface area contributed by atoms with Crippen LogP contribution in [0.1, 0.15) is 278 Å². The molecule has 436 valence electrons. The summed E-state index contributed by atoms with van der Waals surface area (Å²) in [6.45, 7) is 6.33. The minimum absolute atomic E-state index is 0.117. The van der Waals surface area contributed by atoms with Gasteiger partial charge in [0.25, 0.3) is 0 Å². The smallest absolute Gasteiger partial charge is 0.306 e. The Morgan fingerprint density at radius 1 is 0.273 bits per heavy atom. The van der Waals surface area contributed by atoms with Crippen molar-refractivity contribution in [3.8, 4) is 0 Å². The molecule has 6 heteroatoms. The van der Waals surface area contributed by atoms with Gasteiger partial charge < -0.3 is 14.2 Å². The zero-order valence-corrected chi connectivity index (χ0v) is 49.9. The van der Waals surface area contributed by atoms with Crippen molar-refractivity contribution in [2.45, 2.75) is 284 Å². The first-order valence-electron chi connectivity index (χ1n) is 31.7. The summed E-state index contributed by atoms with van der Waals surface area (Å²) in [6.07, 6.45) is 90.5. The SMILES string of the molecule is CC/C=C\C/C=C\C/C=C\C/C=C\C/C=C\CCCC(=O)OC(COC(=O)CCCC/C=C\C/C=C\C/C=C\C/C=C\CC)COC(=O)CCCCCCCCCCCCCCCCC/C=C\C/C=C\CCCCCCC. The quantitative estimate of drug-likeness (QED) is 0.0261. The molecular weight excluding hydrogens is 949 g/mol. The lowest BCUT2D eigenvalue weighted by molar-refractivity contribution is -0.167. The Hall–Kier alpha value is -4.45. The molecule has 1 unspecified atom stereocenters. The van der Waals surface area contributed by atoms with Gasteiger partial charge in [0.2, 0.25) is 0 Å². The molecule has 0 aliphatic carbocycles. The fraction of sp³-hybridized carbons (Fsp3) is 0.648. The number of carbonyl (C=O) groups excluding carboxylic acids is 3. The van der Waals surface area contributed by atoms with Gasteiger partial charge in [-0.05, 0) is 128 Å². The van der Waals surface area contributed by atoms with Crippen LogP contribution >= 0.6 is 0 Å². The third-order valence-corrected chi connectivity index (χ3v) is 13.1. The fourth-order valence-corrected chi connectivity index (χ4v) is 8.44. The third kappa shape index (κ3) is 62.3. The lowest BCUT2D eigenvalue weighted by Gasteiger charge is -2.18. The molecule has 0 saturated heterocycles. The molecule has 77 heavy (non-hydrogen) atoms. The Balaban J connectivity index is 4.40. The van der Waals surface area contributed by atoms with Gasteiger partial charge in [-0.1, -0.05) is 264 Å². The molecule has 0 aromatic carbocycles. The first kappa shape index (κ1) is 72.5. The minimum Gasteiger partial charge on any atom is -0.462 e. The predicted octanol–water partition coefficient (Wildman–Crippen LogP) is 21.8. The van der Waals surface area contributed by atoms with E-state index in [1.54, 1.807) is 0 Å². The van der Waals surface area contributed by atoms with Crippen LogP contribution in [0.4, 0.5) is 0 Å². The lowest BCUT2D eigenvalue weighted by Crippen LogP contribution is -2.30. The summed E-state index contributed by atoms with van der Waals surface area (Å²) in [7, 11) is 0. The van der Waals surface area contributed by atoms with Crippen molar-refractivity contribution < 1.29 is 28.6 Å². The molecule has 0 radical (unpaired) electrons. The van der Waals surface area contributed by atoms with E-state index in [1.807, 2.05) is 0 Å². The van der Waals surface area contributed by atoms with Gasteiger partial charge in [-0.15, -0.1) is 0 Å². The molecule has 0 rings (SSSR count). The average Bonchev–Trinajstić information content (AvgIpc) is 3.43. The van der Waals surface area contributed by atoms with Crippen molar-refractivity contribution in [1.29, 1.82) is 0 Å². The molecule has 6 nitrogen and oxygen atoms in total.